The molecule has 98 valence electrons. The lowest BCUT2D eigenvalue weighted by Crippen LogP contribution is -2.35. The predicted octanol–water partition coefficient (Wildman–Crippen LogP) is 3.80. The molecule has 3 heteroatoms. The summed E-state index contributed by atoms with van der Waals surface area (Å²) in [5.41, 5.74) is 0.446. The van der Waals surface area contributed by atoms with Gasteiger partial charge in [-0.15, -0.1) is 0 Å². The van der Waals surface area contributed by atoms with Crippen LogP contribution < -0.4 is 5.32 Å². The Labute approximate surface area is 107 Å². The van der Waals surface area contributed by atoms with Crippen molar-refractivity contribution in [2.45, 2.75) is 44.7 Å². The average molecular weight is 251 g/mol. The van der Waals surface area contributed by atoms with Gasteiger partial charge in [-0.05, 0) is 50.5 Å². The Hall–Kier alpha value is -0.960. The van der Waals surface area contributed by atoms with Gasteiger partial charge in [0.25, 0.3) is 0 Å². The quantitative estimate of drug-likeness (QED) is 0.839. The van der Waals surface area contributed by atoms with E-state index in [-0.39, 0.29) is 6.04 Å². The number of hydrogen-bond acceptors (Lipinski definition) is 1. The van der Waals surface area contributed by atoms with E-state index in [9.17, 15) is 8.78 Å². The van der Waals surface area contributed by atoms with E-state index in [1.54, 1.807) is 12.1 Å². The van der Waals surface area contributed by atoms with Gasteiger partial charge in [0.1, 0.15) is 0 Å². The highest BCUT2D eigenvalue weighted by Crippen LogP contribution is 2.45. The van der Waals surface area contributed by atoms with Crippen molar-refractivity contribution in [3.63, 3.8) is 0 Å². The van der Waals surface area contributed by atoms with Crippen LogP contribution >= 0.6 is 0 Å². The summed E-state index contributed by atoms with van der Waals surface area (Å²) in [5.74, 6) is 0.0616. The third-order valence-electron chi connectivity index (χ3n) is 4.15. The second kappa shape index (κ2) is 4.61. The molecular weight excluding hydrogens is 232 g/mol. The van der Waals surface area contributed by atoms with Crippen LogP contribution in [0.1, 0.15) is 44.2 Å². The van der Waals surface area contributed by atoms with Gasteiger partial charge in [0.05, 0.1) is 0 Å². The molecular formula is C15H19F2N. The Balaban J connectivity index is 1.73. The molecule has 1 aromatic rings. The number of hydrogen-bond donors (Lipinski definition) is 1. The normalized spacial score (nSPS) is 21.3. The van der Waals surface area contributed by atoms with E-state index in [1.807, 2.05) is 6.92 Å². The third-order valence-corrected chi connectivity index (χ3v) is 4.15. The lowest BCUT2D eigenvalue weighted by molar-refractivity contribution is 0.368. The van der Waals surface area contributed by atoms with Crippen LogP contribution in [0.4, 0.5) is 8.78 Å². The van der Waals surface area contributed by atoms with Crippen LogP contribution in [0, 0.1) is 23.5 Å². The Morgan fingerprint density at radius 1 is 1.11 bits per heavy atom. The fourth-order valence-electron chi connectivity index (χ4n) is 2.80. The smallest absolute Gasteiger partial charge is 0.163 e. The van der Waals surface area contributed by atoms with Crippen LogP contribution in [0.3, 0.4) is 0 Å². The minimum absolute atomic E-state index is 0.119. The van der Waals surface area contributed by atoms with Crippen LogP contribution in [-0.4, -0.2) is 6.04 Å². The molecule has 0 radical (unpaired) electrons. The van der Waals surface area contributed by atoms with Gasteiger partial charge in [-0.3, -0.25) is 0 Å². The highest BCUT2D eigenvalue weighted by atomic mass is 19.2. The molecule has 0 aliphatic heterocycles. The molecule has 2 saturated carbocycles. The molecule has 1 nitrogen and oxygen atoms in total. The van der Waals surface area contributed by atoms with Gasteiger partial charge in [0.2, 0.25) is 0 Å². The minimum Gasteiger partial charge on any atom is -0.307 e. The summed E-state index contributed by atoms with van der Waals surface area (Å²) in [6, 6.07) is 4.81. The van der Waals surface area contributed by atoms with E-state index in [4.69, 9.17) is 0 Å². The van der Waals surface area contributed by atoms with Crippen molar-refractivity contribution in [3.8, 4) is 0 Å². The molecule has 0 bridgehead atoms. The molecule has 1 unspecified atom stereocenters. The van der Waals surface area contributed by atoms with E-state index >= 15 is 0 Å². The van der Waals surface area contributed by atoms with Gasteiger partial charge in [-0.25, -0.2) is 8.78 Å². The van der Waals surface area contributed by atoms with Crippen LogP contribution in [0.2, 0.25) is 0 Å². The molecule has 18 heavy (non-hydrogen) atoms. The largest absolute Gasteiger partial charge is 0.307 e. The second-order valence-electron chi connectivity index (χ2n) is 5.73. The van der Waals surface area contributed by atoms with E-state index in [1.165, 1.54) is 31.7 Å². The highest BCUT2D eigenvalue weighted by Gasteiger charge is 2.41. The van der Waals surface area contributed by atoms with Crippen LogP contribution in [-0.2, 0) is 0 Å². The summed E-state index contributed by atoms with van der Waals surface area (Å²) in [7, 11) is 0. The zero-order valence-electron chi connectivity index (χ0n) is 10.6. The zero-order chi connectivity index (χ0) is 12.7. The SMILES string of the molecule is CC(NC(C1CC1)C1CC1)c1cccc(F)c1F. The summed E-state index contributed by atoms with van der Waals surface area (Å²) < 4.78 is 26.9. The van der Waals surface area contributed by atoms with Gasteiger partial charge >= 0.3 is 0 Å². The molecule has 0 amide bonds. The fourth-order valence-corrected chi connectivity index (χ4v) is 2.80. The maximum absolute atomic E-state index is 13.7. The minimum atomic E-state index is -0.754. The third kappa shape index (κ3) is 2.41. The summed E-state index contributed by atoms with van der Waals surface area (Å²) in [4.78, 5) is 0. The summed E-state index contributed by atoms with van der Waals surface area (Å²) >= 11 is 0. The van der Waals surface area contributed by atoms with Gasteiger partial charge in [-0.2, -0.15) is 0 Å². The fraction of sp³-hybridized carbons (Fsp3) is 0.600. The summed E-state index contributed by atoms with van der Waals surface area (Å²) in [6.45, 7) is 1.93. The topological polar surface area (TPSA) is 12.0 Å². The van der Waals surface area contributed by atoms with Crippen molar-refractivity contribution in [1.82, 2.24) is 5.32 Å². The van der Waals surface area contributed by atoms with Crippen molar-refractivity contribution < 1.29 is 8.78 Å². The number of nitrogens with one attached hydrogen (secondary N) is 1. The Morgan fingerprint density at radius 3 is 2.28 bits per heavy atom. The molecule has 1 aromatic carbocycles. The number of halogens is 2. The molecule has 2 aliphatic rings. The zero-order valence-corrected chi connectivity index (χ0v) is 10.6. The van der Waals surface area contributed by atoms with Crippen molar-refractivity contribution in [2.24, 2.45) is 11.8 Å². The molecule has 3 rings (SSSR count). The molecule has 1 atom stereocenters. The van der Waals surface area contributed by atoms with Crippen molar-refractivity contribution in [2.75, 3.05) is 0 Å². The maximum Gasteiger partial charge on any atom is 0.163 e. The molecule has 0 saturated heterocycles. The lowest BCUT2D eigenvalue weighted by Gasteiger charge is -2.24. The van der Waals surface area contributed by atoms with Crippen LogP contribution in [0.5, 0.6) is 0 Å². The van der Waals surface area contributed by atoms with Crippen molar-refractivity contribution in [1.29, 1.82) is 0 Å². The molecule has 0 heterocycles. The Bertz CT molecular complexity index is 426. The number of benzene rings is 1. The van der Waals surface area contributed by atoms with E-state index < -0.39 is 11.6 Å². The van der Waals surface area contributed by atoms with Crippen molar-refractivity contribution >= 4 is 0 Å². The van der Waals surface area contributed by atoms with Gasteiger partial charge in [0.15, 0.2) is 11.6 Å². The van der Waals surface area contributed by atoms with Crippen LogP contribution in [0.25, 0.3) is 0 Å². The van der Waals surface area contributed by atoms with E-state index in [0.717, 1.165) is 11.8 Å². The Kier molecular flexibility index (Phi) is 3.10. The first-order valence-corrected chi connectivity index (χ1v) is 6.87. The predicted molar refractivity (Wildman–Crippen MR) is 67.1 cm³/mol. The Morgan fingerprint density at radius 2 is 1.72 bits per heavy atom. The lowest BCUT2D eigenvalue weighted by atomic mass is 10.0. The van der Waals surface area contributed by atoms with Gasteiger partial charge < -0.3 is 5.32 Å². The first-order valence-electron chi connectivity index (χ1n) is 6.87. The standard InChI is InChI=1S/C15H19F2N/c1-9(12-3-2-4-13(16)14(12)17)18-15(10-5-6-10)11-7-8-11/h2-4,9-11,15,18H,5-8H2,1H3. The van der Waals surface area contributed by atoms with Crippen LogP contribution in [0.15, 0.2) is 18.2 Å². The average Bonchev–Trinajstić information content (AvgIpc) is 3.22. The molecule has 0 spiro atoms. The first kappa shape index (κ1) is 12.1. The first-order chi connectivity index (χ1) is 8.66. The summed E-state index contributed by atoms with van der Waals surface area (Å²) in [5, 5.41) is 3.52. The molecule has 2 aliphatic carbocycles. The van der Waals surface area contributed by atoms with Gasteiger partial charge in [0, 0.05) is 17.6 Å². The second-order valence-corrected chi connectivity index (χ2v) is 5.73. The van der Waals surface area contributed by atoms with Gasteiger partial charge in [-0.1, -0.05) is 12.1 Å². The molecule has 2 fully saturated rings. The van der Waals surface area contributed by atoms with Crippen molar-refractivity contribution in [3.05, 3.63) is 35.4 Å². The molecule has 1 N–H and O–H groups in total. The van der Waals surface area contributed by atoms with E-state index in [0.29, 0.717) is 11.6 Å². The molecule has 0 aromatic heterocycles. The maximum atomic E-state index is 13.7. The van der Waals surface area contributed by atoms with E-state index in [2.05, 4.69) is 5.32 Å². The number of rotatable bonds is 5. The highest BCUT2D eigenvalue weighted by molar-refractivity contribution is 5.22. The monoisotopic (exact) mass is 251 g/mol. The summed E-state index contributed by atoms with van der Waals surface area (Å²) in [6.07, 6.45) is 5.14.